The summed E-state index contributed by atoms with van der Waals surface area (Å²) >= 11 is 0. The van der Waals surface area contributed by atoms with Gasteiger partial charge < -0.3 is 9.47 Å². The second-order valence-electron chi connectivity index (χ2n) is 4.01. The van der Waals surface area contributed by atoms with E-state index < -0.39 is 0 Å². The molecule has 2 rings (SSSR count). The van der Waals surface area contributed by atoms with Gasteiger partial charge in [0.25, 0.3) is 0 Å². The molecule has 0 spiro atoms. The molecule has 0 aliphatic carbocycles. The van der Waals surface area contributed by atoms with Crippen molar-refractivity contribution in [2.75, 3.05) is 7.11 Å². The highest BCUT2D eigenvalue weighted by Crippen LogP contribution is 2.12. The number of nitrogens with zero attached hydrogens (tertiary/aromatic N) is 1. The highest BCUT2D eigenvalue weighted by Gasteiger charge is 2.05. The molecule has 0 atom stereocenters. The first-order valence-corrected chi connectivity index (χ1v) is 5.96. The first-order chi connectivity index (χ1) is 9.28. The van der Waals surface area contributed by atoms with Crippen molar-refractivity contribution < 1.29 is 14.3 Å². The molecule has 0 N–H and O–H groups in total. The number of benzene rings is 1. The number of esters is 1. The fraction of sp³-hybridized carbons (Fsp3) is 0.200. The summed E-state index contributed by atoms with van der Waals surface area (Å²) in [6.07, 6.45) is 1.92. The molecule has 19 heavy (non-hydrogen) atoms. The number of hydrogen-bond donors (Lipinski definition) is 0. The second kappa shape index (κ2) is 6.54. The van der Waals surface area contributed by atoms with E-state index in [-0.39, 0.29) is 19.0 Å². The minimum Gasteiger partial charge on any atom is -0.497 e. The van der Waals surface area contributed by atoms with Gasteiger partial charge in [-0.2, -0.15) is 0 Å². The van der Waals surface area contributed by atoms with E-state index in [1.165, 1.54) is 0 Å². The average Bonchev–Trinajstić information content (AvgIpc) is 2.47. The maximum Gasteiger partial charge on any atom is 0.310 e. The van der Waals surface area contributed by atoms with Crippen LogP contribution in [0.5, 0.6) is 5.75 Å². The van der Waals surface area contributed by atoms with Gasteiger partial charge in [-0.05, 0) is 29.8 Å². The zero-order valence-electron chi connectivity index (χ0n) is 10.7. The highest BCUT2D eigenvalue weighted by molar-refractivity contribution is 5.72. The Morgan fingerprint density at radius 2 is 1.95 bits per heavy atom. The molecule has 1 aromatic heterocycles. The van der Waals surface area contributed by atoms with Gasteiger partial charge in [-0.25, -0.2) is 0 Å². The van der Waals surface area contributed by atoms with E-state index in [1.807, 2.05) is 42.5 Å². The number of carbonyl (C=O) groups is 1. The summed E-state index contributed by atoms with van der Waals surface area (Å²) in [5.74, 6) is 0.501. The van der Waals surface area contributed by atoms with Crippen molar-refractivity contribution in [1.82, 2.24) is 4.98 Å². The van der Waals surface area contributed by atoms with E-state index in [0.717, 1.165) is 17.0 Å². The fourth-order valence-corrected chi connectivity index (χ4v) is 1.60. The third kappa shape index (κ3) is 4.10. The summed E-state index contributed by atoms with van der Waals surface area (Å²) in [6.45, 7) is 0.204. The van der Waals surface area contributed by atoms with E-state index >= 15 is 0 Å². The van der Waals surface area contributed by atoms with Crippen LogP contribution in [0.4, 0.5) is 0 Å². The van der Waals surface area contributed by atoms with E-state index in [1.54, 1.807) is 13.3 Å². The molecule has 0 saturated carbocycles. The monoisotopic (exact) mass is 257 g/mol. The molecule has 0 aliphatic heterocycles. The number of pyridine rings is 1. The maximum absolute atomic E-state index is 11.7. The maximum atomic E-state index is 11.7. The van der Waals surface area contributed by atoms with Crippen molar-refractivity contribution in [2.24, 2.45) is 0 Å². The van der Waals surface area contributed by atoms with Crippen LogP contribution in [-0.2, 0) is 22.6 Å². The molecular formula is C15H15NO3. The average molecular weight is 257 g/mol. The van der Waals surface area contributed by atoms with E-state index in [9.17, 15) is 4.79 Å². The van der Waals surface area contributed by atoms with Crippen LogP contribution in [0.25, 0.3) is 0 Å². The normalized spacial score (nSPS) is 9.95. The first kappa shape index (κ1) is 13.1. The van der Waals surface area contributed by atoms with Gasteiger partial charge in [0.1, 0.15) is 12.4 Å². The molecule has 0 saturated heterocycles. The number of carbonyl (C=O) groups excluding carboxylic acids is 1. The standard InChI is InChI=1S/C15H15NO3/c1-18-14-7-5-12(6-8-14)10-15(17)19-11-13-4-2-3-9-16-13/h2-9H,10-11H2,1H3. The smallest absolute Gasteiger partial charge is 0.310 e. The van der Waals surface area contributed by atoms with Gasteiger partial charge in [0.15, 0.2) is 0 Å². The lowest BCUT2D eigenvalue weighted by molar-refractivity contribution is -0.144. The van der Waals surface area contributed by atoms with Gasteiger partial charge in [-0.15, -0.1) is 0 Å². The van der Waals surface area contributed by atoms with Crippen LogP contribution in [0.15, 0.2) is 48.7 Å². The molecule has 98 valence electrons. The molecule has 0 aliphatic rings. The topological polar surface area (TPSA) is 48.4 Å². The third-order valence-corrected chi connectivity index (χ3v) is 2.61. The highest BCUT2D eigenvalue weighted by atomic mass is 16.5. The SMILES string of the molecule is COc1ccc(CC(=O)OCc2ccccn2)cc1. The molecule has 4 nitrogen and oxygen atoms in total. The molecule has 4 heteroatoms. The summed E-state index contributed by atoms with van der Waals surface area (Å²) in [5, 5.41) is 0. The summed E-state index contributed by atoms with van der Waals surface area (Å²) in [4.78, 5) is 15.7. The predicted octanol–water partition coefficient (Wildman–Crippen LogP) is 2.38. The van der Waals surface area contributed by atoms with Crippen LogP contribution in [-0.4, -0.2) is 18.1 Å². The van der Waals surface area contributed by atoms with Gasteiger partial charge in [0.2, 0.25) is 0 Å². The Bertz CT molecular complexity index is 523. The summed E-state index contributed by atoms with van der Waals surface area (Å²) in [5.41, 5.74) is 1.64. The number of hydrogen-bond acceptors (Lipinski definition) is 4. The van der Waals surface area contributed by atoms with Crippen LogP contribution in [0.3, 0.4) is 0 Å². The minimum absolute atomic E-state index is 0.204. The first-order valence-electron chi connectivity index (χ1n) is 5.96. The Balaban J connectivity index is 1.83. The largest absolute Gasteiger partial charge is 0.497 e. The summed E-state index contributed by atoms with van der Waals surface area (Å²) in [6, 6.07) is 12.8. The molecule has 0 bridgehead atoms. The molecule has 1 aromatic carbocycles. The van der Waals surface area contributed by atoms with Crippen molar-refractivity contribution in [2.45, 2.75) is 13.0 Å². The zero-order chi connectivity index (χ0) is 13.5. The van der Waals surface area contributed by atoms with Crippen molar-refractivity contribution in [1.29, 1.82) is 0 Å². The Kier molecular flexibility index (Phi) is 4.50. The van der Waals surface area contributed by atoms with E-state index in [2.05, 4.69) is 4.98 Å². The van der Waals surface area contributed by atoms with Gasteiger partial charge in [0, 0.05) is 6.20 Å². The Labute approximate surface area is 112 Å². The molecule has 1 heterocycles. The minimum atomic E-state index is -0.268. The second-order valence-corrected chi connectivity index (χ2v) is 4.01. The van der Waals surface area contributed by atoms with Crippen LogP contribution < -0.4 is 4.74 Å². The molecule has 0 unspecified atom stereocenters. The summed E-state index contributed by atoms with van der Waals surface area (Å²) in [7, 11) is 1.61. The molecule has 0 amide bonds. The zero-order valence-corrected chi connectivity index (χ0v) is 10.7. The fourth-order valence-electron chi connectivity index (χ4n) is 1.60. The van der Waals surface area contributed by atoms with Gasteiger partial charge in [-0.3, -0.25) is 9.78 Å². The Morgan fingerprint density at radius 3 is 2.58 bits per heavy atom. The van der Waals surface area contributed by atoms with Crippen LogP contribution in [0.2, 0.25) is 0 Å². The Morgan fingerprint density at radius 1 is 1.16 bits per heavy atom. The van der Waals surface area contributed by atoms with Gasteiger partial charge in [0.05, 0.1) is 19.2 Å². The predicted molar refractivity (Wildman–Crippen MR) is 70.7 cm³/mol. The third-order valence-electron chi connectivity index (χ3n) is 2.61. The number of aromatic nitrogens is 1. The van der Waals surface area contributed by atoms with Crippen molar-refractivity contribution in [3.05, 3.63) is 59.9 Å². The van der Waals surface area contributed by atoms with Crippen LogP contribution in [0.1, 0.15) is 11.3 Å². The molecular weight excluding hydrogens is 242 g/mol. The molecule has 0 radical (unpaired) electrons. The lowest BCUT2D eigenvalue weighted by Gasteiger charge is -2.05. The van der Waals surface area contributed by atoms with E-state index in [4.69, 9.17) is 9.47 Å². The van der Waals surface area contributed by atoms with Crippen molar-refractivity contribution in [3.63, 3.8) is 0 Å². The Hall–Kier alpha value is -2.36. The van der Waals surface area contributed by atoms with E-state index in [0.29, 0.717) is 0 Å². The number of ether oxygens (including phenoxy) is 2. The van der Waals surface area contributed by atoms with Crippen molar-refractivity contribution in [3.8, 4) is 5.75 Å². The van der Waals surface area contributed by atoms with Crippen molar-refractivity contribution >= 4 is 5.97 Å². The van der Waals surface area contributed by atoms with Crippen LogP contribution >= 0.6 is 0 Å². The molecule has 2 aromatic rings. The summed E-state index contributed by atoms with van der Waals surface area (Å²) < 4.78 is 10.2. The lowest BCUT2D eigenvalue weighted by Crippen LogP contribution is -2.08. The lowest BCUT2D eigenvalue weighted by atomic mass is 10.1. The number of rotatable bonds is 5. The quantitative estimate of drug-likeness (QED) is 0.772. The van der Waals surface area contributed by atoms with Gasteiger partial charge in [-0.1, -0.05) is 18.2 Å². The van der Waals surface area contributed by atoms with Crippen LogP contribution in [0, 0.1) is 0 Å². The molecule has 0 fully saturated rings. The van der Waals surface area contributed by atoms with Gasteiger partial charge >= 0.3 is 5.97 Å². The number of methoxy groups -OCH3 is 1.